The number of carbonyl (C=O) groups excluding carboxylic acids is 1. The van der Waals surface area contributed by atoms with Crippen molar-refractivity contribution in [2.45, 2.75) is 190 Å². The Labute approximate surface area is 376 Å². The van der Waals surface area contributed by atoms with E-state index in [0.29, 0.717) is 0 Å². The van der Waals surface area contributed by atoms with E-state index in [0.717, 1.165) is 12.8 Å². The summed E-state index contributed by atoms with van der Waals surface area (Å²) in [5, 5.41) is 107. The Balaban J connectivity index is 1.80. The Bertz CT molecular complexity index is 1570. The molecule has 3 heterocycles. The number of carboxylic acids is 1. The quantitative estimate of drug-likeness (QED) is 0.179. The zero-order valence-electron chi connectivity index (χ0n) is 37.5. The molecule has 19 unspecified atom stereocenters. The summed E-state index contributed by atoms with van der Waals surface area (Å²) in [6.45, 7) is 6.85. The zero-order chi connectivity index (χ0) is 47.5. The Morgan fingerprint density at radius 3 is 1.91 bits per heavy atom. The molecule has 17 heteroatoms. The fourth-order valence-electron chi connectivity index (χ4n) is 8.05. The molecule has 3 aliphatic heterocycles. The molecule has 0 saturated carbocycles. The Morgan fingerprint density at radius 2 is 1.23 bits per heavy atom. The lowest BCUT2D eigenvalue weighted by atomic mass is 9.84. The van der Waals surface area contributed by atoms with Crippen molar-refractivity contribution in [1.82, 2.24) is 0 Å². The molecule has 0 aromatic heterocycles. The summed E-state index contributed by atoms with van der Waals surface area (Å²) < 4.78 is 23.5. The van der Waals surface area contributed by atoms with E-state index in [1.165, 1.54) is 0 Å². The third-order valence-electron chi connectivity index (χ3n) is 12.2. The van der Waals surface area contributed by atoms with Crippen LogP contribution in [-0.2, 0) is 28.5 Å². The minimum atomic E-state index is -1.44. The first-order chi connectivity index (χ1) is 30.3. The molecule has 0 aromatic carbocycles. The summed E-state index contributed by atoms with van der Waals surface area (Å²) in [6.07, 6.45) is 4.79. The van der Waals surface area contributed by atoms with Crippen LogP contribution in [-0.4, -0.2) is 161 Å². The normalized spacial score (nSPS) is 44.6. The van der Waals surface area contributed by atoms with E-state index < -0.39 is 128 Å². The van der Waals surface area contributed by atoms with Gasteiger partial charge in [-0.1, -0.05) is 86.8 Å². The summed E-state index contributed by atoms with van der Waals surface area (Å²) in [4.78, 5) is 25.1. The summed E-state index contributed by atoms with van der Waals surface area (Å²) in [5.41, 5.74) is 6.04. The van der Waals surface area contributed by atoms with E-state index >= 15 is 0 Å². The molecular formula is C47H75NO16. The van der Waals surface area contributed by atoms with Gasteiger partial charge < -0.3 is 75.7 Å². The van der Waals surface area contributed by atoms with Crippen molar-refractivity contribution in [2.75, 3.05) is 0 Å². The van der Waals surface area contributed by atoms with Crippen LogP contribution in [0.5, 0.6) is 0 Å². The molecule has 3 aliphatic rings. The van der Waals surface area contributed by atoms with E-state index in [2.05, 4.69) is 0 Å². The van der Waals surface area contributed by atoms with Gasteiger partial charge in [-0.15, -0.1) is 0 Å². The average molecular weight is 910 g/mol. The number of allylic oxidation sites excluding steroid dienone is 10. The predicted octanol–water partition coefficient (Wildman–Crippen LogP) is 1.62. The minimum absolute atomic E-state index is 0.0480. The highest BCUT2D eigenvalue weighted by molar-refractivity contribution is 5.71. The Kier molecular flexibility index (Phi) is 24.3. The summed E-state index contributed by atoms with van der Waals surface area (Å²) in [6, 6.07) is -1.10. The van der Waals surface area contributed by atoms with Gasteiger partial charge in [-0.25, -0.2) is 0 Å². The topological polar surface area (TPSA) is 299 Å². The van der Waals surface area contributed by atoms with Crippen molar-refractivity contribution in [3.8, 4) is 0 Å². The lowest BCUT2D eigenvalue weighted by Crippen LogP contribution is -2.61. The van der Waals surface area contributed by atoms with Crippen LogP contribution in [0, 0.1) is 17.8 Å². The lowest BCUT2D eigenvalue weighted by molar-refractivity contribution is -0.279. The van der Waals surface area contributed by atoms with Crippen LogP contribution in [0.1, 0.15) is 91.9 Å². The van der Waals surface area contributed by atoms with Gasteiger partial charge in [0.05, 0.1) is 85.7 Å². The van der Waals surface area contributed by atoms with Gasteiger partial charge in [0, 0.05) is 31.1 Å². The van der Waals surface area contributed by atoms with Crippen LogP contribution in [0.4, 0.5) is 0 Å². The highest BCUT2D eigenvalue weighted by Crippen LogP contribution is 2.33. The molecular weight excluding hydrogens is 835 g/mol. The molecule has 17 nitrogen and oxygen atoms in total. The van der Waals surface area contributed by atoms with Crippen LogP contribution in [0.3, 0.4) is 0 Å². The molecule has 12 N–H and O–H groups in total. The SMILES string of the molecule is CC1/C=C/C=C/CC/C=C/C=C/C=C/C=C/C(OC2OC(C)C(O)C(N)C2O)CC2OC(CC(O)C(O)CCC(O)CC(O)CC(O)CC(=O)OC(C)C(C)C1O)CC(O)C2C(=O)O. The molecule has 0 aliphatic carbocycles. The number of hydrogen-bond acceptors (Lipinski definition) is 16. The maximum Gasteiger partial charge on any atom is 0.311 e. The Hall–Kier alpha value is -3.14. The molecule has 3 rings (SSSR count). The van der Waals surface area contributed by atoms with Crippen molar-refractivity contribution in [3.63, 3.8) is 0 Å². The maximum absolute atomic E-state index is 12.6. The number of aliphatic carboxylic acids is 1. The lowest BCUT2D eigenvalue weighted by Gasteiger charge is -2.42. The number of nitrogens with two attached hydrogens (primary N) is 1. The number of cyclic esters (lactones) is 1. The van der Waals surface area contributed by atoms with E-state index in [4.69, 9.17) is 24.7 Å². The number of carbonyl (C=O) groups is 2. The van der Waals surface area contributed by atoms with Crippen molar-refractivity contribution in [1.29, 1.82) is 0 Å². The standard InChI is InChI=1S/C47H75NO16/c1-27-17-15-13-11-9-7-5-6-8-10-12-14-16-18-34(64-47-45(58)42(48)44(57)30(4)62-47)26-39-41(46(59)60)38(54)25-35(63-39)24-37(53)36(52)20-19-31(49)21-32(50)22-33(51)23-40(55)61-29(3)28(2)43(27)56/h5-6,8,10-18,27-39,41-45,47,49-54,56-58H,7,9,19-26,48H2,1-4H3,(H,59,60)/b6-5+,10-8+,13-11+,14-12+,17-15+,18-16+. The van der Waals surface area contributed by atoms with Crippen LogP contribution in [0.15, 0.2) is 72.9 Å². The highest BCUT2D eigenvalue weighted by atomic mass is 16.7. The minimum Gasteiger partial charge on any atom is -0.481 e. The van der Waals surface area contributed by atoms with E-state index in [1.54, 1.807) is 51.2 Å². The first-order valence-corrected chi connectivity index (χ1v) is 22.6. The summed E-state index contributed by atoms with van der Waals surface area (Å²) in [7, 11) is 0. The van der Waals surface area contributed by atoms with Gasteiger partial charge in [-0.2, -0.15) is 0 Å². The number of ether oxygens (including phenoxy) is 4. The maximum atomic E-state index is 12.6. The van der Waals surface area contributed by atoms with Gasteiger partial charge in [0.25, 0.3) is 0 Å². The Morgan fingerprint density at radius 1 is 0.641 bits per heavy atom. The molecule has 364 valence electrons. The molecule has 2 saturated heterocycles. The average Bonchev–Trinajstić information content (AvgIpc) is 3.22. The molecule has 0 aromatic rings. The highest BCUT2D eigenvalue weighted by Gasteiger charge is 2.46. The second kappa shape index (κ2) is 28.1. The second-order valence-corrected chi connectivity index (χ2v) is 17.6. The number of hydrogen-bond donors (Lipinski definition) is 11. The van der Waals surface area contributed by atoms with Gasteiger partial charge in [0.1, 0.15) is 18.1 Å². The second-order valence-electron chi connectivity index (χ2n) is 17.6. The first kappa shape index (κ1) is 55.2. The van der Waals surface area contributed by atoms with Gasteiger partial charge in [-0.05, 0) is 52.4 Å². The number of rotatable bonds is 3. The smallest absolute Gasteiger partial charge is 0.311 e. The molecule has 0 radical (unpaired) electrons. The molecule has 0 spiro atoms. The van der Waals surface area contributed by atoms with Crippen LogP contribution in [0.2, 0.25) is 0 Å². The number of fused-ring (bicyclic) bond motifs is 2. The number of aliphatic hydroxyl groups is 9. The van der Waals surface area contributed by atoms with Gasteiger partial charge >= 0.3 is 11.9 Å². The summed E-state index contributed by atoms with van der Waals surface area (Å²) >= 11 is 0. The third kappa shape index (κ3) is 18.6. The van der Waals surface area contributed by atoms with Crippen LogP contribution < -0.4 is 5.73 Å². The molecule has 19 atom stereocenters. The summed E-state index contributed by atoms with van der Waals surface area (Å²) in [5.74, 6) is -4.12. The van der Waals surface area contributed by atoms with Crippen LogP contribution >= 0.6 is 0 Å². The van der Waals surface area contributed by atoms with Crippen molar-refractivity contribution in [2.24, 2.45) is 23.5 Å². The van der Waals surface area contributed by atoms with E-state index in [-0.39, 0.29) is 50.9 Å². The van der Waals surface area contributed by atoms with Gasteiger partial charge in [-0.3, -0.25) is 9.59 Å². The largest absolute Gasteiger partial charge is 0.481 e. The van der Waals surface area contributed by atoms with Gasteiger partial charge in [0.15, 0.2) is 6.29 Å². The molecule has 2 fully saturated rings. The van der Waals surface area contributed by atoms with Gasteiger partial charge in [0.2, 0.25) is 0 Å². The number of esters is 1. The first-order valence-electron chi connectivity index (χ1n) is 22.6. The van der Waals surface area contributed by atoms with E-state index in [9.17, 15) is 60.7 Å². The van der Waals surface area contributed by atoms with Crippen LogP contribution in [0.25, 0.3) is 0 Å². The fraction of sp³-hybridized carbons (Fsp3) is 0.702. The van der Waals surface area contributed by atoms with Crippen molar-refractivity contribution >= 4 is 11.9 Å². The monoisotopic (exact) mass is 910 g/mol. The number of carboxylic acid groups (broad SMARTS) is 1. The molecule has 64 heavy (non-hydrogen) atoms. The van der Waals surface area contributed by atoms with Crippen molar-refractivity contribution < 1.29 is 79.6 Å². The fourth-order valence-corrected chi connectivity index (χ4v) is 8.05. The number of aliphatic hydroxyl groups excluding tert-OH is 9. The van der Waals surface area contributed by atoms with Crippen molar-refractivity contribution in [3.05, 3.63) is 72.9 Å². The zero-order valence-corrected chi connectivity index (χ0v) is 37.5. The molecule has 2 bridgehead atoms. The predicted molar refractivity (Wildman–Crippen MR) is 236 cm³/mol. The van der Waals surface area contributed by atoms with E-state index in [1.807, 2.05) is 49.5 Å². The molecule has 0 amide bonds. The third-order valence-corrected chi connectivity index (χ3v) is 12.2.